The number of likely N-dealkylation sites (tertiary alicyclic amines) is 1. The summed E-state index contributed by atoms with van der Waals surface area (Å²) >= 11 is 0. The van der Waals surface area contributed by atoms with E-state index in [0.717, 1.165) is 31.5 Å². The third-order valence-corrected chi connectivity index (χ3v) is 4.13. The smallest absolute Gasteiger partial charge is 0.239 e. The number of H-pyrrole nitrogens is 1. The summed E-state index contributed by atoms with van der Waals surface area (Å²) in [6.07, 6.45) is 6.43. The van der Waals surface area contributed by atoms with Crippen LogP contribution >= 0.6 is 0 Å². The summed E-state index contributed by atoms with van der Waals surface area (Å²) in [6, 6.07) is 3.91. The van der Waals surface area contributed by atoms with Gasteiger partial charge in [-0.3, -0.25) is 14.9 Å². The molecule has 3 heterocycles. The minimum absolute atomic E-state index is 0.135. The molecule has 2 aromatic heterocycles. The summed E-state index contributed by atoms with van der Waals surface area (Å²) in [7, 11) is 0. The van der Waals surface area contributed by atoms with Gasteiger partial charge in [0.25, 0.3) is 0 Å². The predicted molar refractivity (Wildman–Crippen MR) is 87.7 cm³/mol. The van der Waals surface area contributed by atoms with Crippen LogP contribution in [-0.4, -0.2) is 50.2 Å². The maximum atomic E-state index is 12.2. The summed E-state index contributed by atoms with van der Waals surface area (Å²) in [5, 5.41) is 6.48. The van der Waals surface area contributed by atoms with Crippen molar-refractivity contribution in [2.24, 2.45) is 0 Å². The van der Waals surface area contributed by atoms with Crippen LogP contribution in [0.5, 0.6) is 0 Å². The Morgan fingerprint density at radius 2 is 2.25 bits per heavy atom. The Kier molecular flexibility index (Phi) is 5.37. The van der Waals surface area contributed by atoms with Crippen LogP contribution in [0.3, 0.4) is 0 Å². The number of nitrogens with zero attached hydrogens (tertiary/aromatic N) is 4. The molecule has 0 spiro atoms. The maximum absolute atomic E-state index is 12.2. The number of amides is 1. The molecule has 1 amide bonds. The monoisotopic (exact) mass is 330 g/mol. The molecule has 0 saturated carbocycles. The first kappa shape index (κ1) is 16.4. The van der Waals surface area contributed by atoms with Crippen LogP contribution in [-0.2, 0) is 22.6 Å². The number of aryl methyl sites for hydroxylation is 1. The number of carbonyl (C=O) groups is 1. The molecule has 1 fully saturated rings. The average Bonchev–Trinajstić information content (AvgIpc) is 3.04. The number of anilines is 1. The van der Waals surface area contributed by atoms with Crippen molar-refractivity contribution in [3.63, 3.8) is 0 Å². The fraction of sp³-hybridized carbons (Fsp3) is 0.500. The zero-order valence-corrected chi connectivity index (χ0v) is 13.5. The summed E-state index contributed by atoms with van der Waals surface area (Å²) in [5.74, 6) is 0.996. The third kappa shape index (κ3) is 4.51. The largest absolute Gasteiger partial charge is 0.373 e. The number of hydrogen-bond acceptors (Lipinski definition) is 6. The minimum atomic E-state index is 0.135. The van der Waals surface area contributed by atoms with Gasteiger partial charge in [-0.25, -0.2) is 0 Å². The number of nitrogen functional groups attached to an aromatic ring is 1. The van der Waals surface area contributed by atoms with Crippen molar-refractivity contribution in [2.45, 2.75) is 38.4 Å². The molecule has 0 aliphatic carbocycles. The Balaban J connectivity index is 1.37. The highest BCUT2D eigenvalue weighted by Gasteiger charge is 2.23. The molecular formula is C16H22N6O2. The lowest BCUT2D eigenvalue weighted by Crippen LogP contribution is -2.41. The third-order valence-electron chi connectivity index (χ3n) is 4.13. The summed E-state index contributed by atoms with van der Waals surface area (Å²) < 4.78 is 5.91. The van der Waals surface area contributed by atoms with E-state index in [2.05, 4.69) is 20.2 Å². The second kappa shape index (κ2) is 7.87. The fourth-order valence-electron chi connectivity index (χ4n) is 2.77. The zero-order valence-electron chi connectivity index (χ0n) is 13.5. The van der Waals surface area contributed by atoms with Gasteiger partial charge in [0, 0.05) is 38.3 Å². The van der Waals surface area contributed by atoms with Crippen LogP contribution in [0.25, 0.3) is 0 Å². The second-order valence-corrected chi connectivity index (χ2v) is 5.89. The van der Waals surface area contributed by atoms with Gasteiger partial charge in [0.2, 0.25) is 11.9 Å². The summed E-state index contributed by atoms with van der Waals surface area (Å²) in [6.45, 7) is 2.03. The number of aromatic nitrogens is 4. The normalized spacial score (nSPS) is 15.6. The van der Waals surface area contributed by atoms with E-state index in [1.165, 1.54) is 0 Å². The van der Waals surface area contributed by atoms with Gasteiger partial charge in [-0.2, -0.15) is 4.98 Å². The molecule has 3 rings (SSSR count). The fourth-order valence-corrected chi connectivity index (χ4v) is 2.77. The van der Waals surface area contributed by atoms with Gasteiger partial charge >= 0.3 is 0 Å². The molecule has 3 N–H and O–H groups in total. The van der Waals surface area contributed by atoms with Crippen molar-refractivity contribution < 1.29 is 9.53 Å². The van der Waals surface area contributed by atoms with Crippen LogP contribution in [0.4, 0.5) is 5.95 Å². The van der Waals surface area contributed by atoms with Crippen LogP contribution in [0, 0.1) is 0 Å². The second-order valence-electron chi connectivity index (χ2n) is 5.89. The average molecular weight is 330 g/mol. The topological polar surface area (TPSA) is 110 Å². The Hall–Kier alpha value is -2.48. The number of ether oxygens (including phenoxy) is 1. The number of nitrogens with two attached hydrogens (primary N) is 1. The first-order valence-electron chi connectivity index (χ1n) is 8.16. The van der Waals surface area contributed by atoms with Gasteiger partial charge in [-0.15, -0.1) is 5.10 Å². The lowest BCUT2D eigenvalue weighted by Gasteiger charge is -2.32. The standard InChI is InChI=1S/C16H22N6O2/c17-16-19-14(20-21-16)3-4-15(23)22-8-5-13(6-9-22)24-11-12-2-1-7-18-10-12/h1-2,7,10,13H,3-6,8-9,11H2,(H3,17,19,20,21). The predicted octanol–water partition coefficient (Wildman–Crippen LogP) is 0.922. The van der Waals surface area contributed by atoms with E-state index in [4.69, 9.17) is 10.5 Å². The Morgan fingerprint density at radius 1 is 1.42 bits per heavy atom. The first-order chi connectivity index (χ1) is 11.7. The van der Waals surface area contributed by atoms with Crippen LogP contribution < -0.4 is 5.73 Å². The zero-order chi connectivity index (χ0) is 16.8. The van der Waals surface area contributed by atoms with Gasteiger partial charge in [-0.1, -0.05) is 6.07 Å². The number of pyridine rings is 1. The van der Waals surface area contributed by atoms with Crippen molar-refractivity contribution in [1.82, 2.24) is 25.1 Å². The number of carbonyl (C=O) groups excluding carboxylic acids is 1. The highest BCUT2D eigenvalue weighted by Crippen LogP contribution is 2.16. The Labute approximate surface area is 140 Å². The molecule has 1 aliphatic rings. The minimum Gasteiger partial charge on any atom is -0.373 e. The van der Waals surface area contributed by atoms with Crippen molar-refractivity contribution in [1.29, 1.82) is 0 Å². The molecule has 0 aromatic carbocycles. The van der Waals surface area contributed by atoms with Gasteiger partial charge < -0.3 is 15.4 Å². The number of aromatic amines is 1. The molecule has 0 unspecified atom stereocenters. The maximum Gasteiger partial charge on any atom is 0.239 e. The molecule has 0 atom stereocenters. The van der Waals surface area contributed by atoms with Crippen molar-refractivity contribution in [2.75, 3.05) is 18.8 Å². The lowest BCUT2D eigenvalue weighted by molar-refractivity contribution is -0.134. The van der Waals surface area contributed by atoms with Crippen LogP contribution in [0.1, 0.15) is 30.7 Å². The molecule has 128 valence electrons. The molecule has 0 bridgehead atoms. The molecule has 1 aliphatic heterocycles. The highest BCUT2D eigenvalue weighted by molar-refractivity contribution is 5.76. The van der Waals surface area contributed by atoms with Gasteiger partial charge in [0.15, 0.2) is 0 Å². The summed E-state index contributed by atoms with van der Waals surface area (Å²) in [4.78, 5) is 22.2. The van der Waals surface area contributed by atoms with E-state index in [-0.39, 0.29) is 18.0 Å². The van der Waals surface area contributed by atoms with E-state index in [0.29, 0.717) is 25.3 Å². The van der Waals surface area contributed by atoms with Crippen molar-refractivity contribution >= 4 is 11.9 Å². The molecule has 8 heteroatoms. The van der Waals surface area contributed by atoms with Crippen LogP contribution in [0.15, 0.2) is 24.5 Å². The summed E-state index contributed by atoms with van der Waals surface area (Å²) in [5.41, 5.74) is 6.52. The van der Waals surface area contributed by atoms with Crippen molar-refractivity contribution in [3.05, 3.63) is 35.9 Å². The van der Waals surface area contributed by atoms with Gasteiger partial charge in [0.05, 0.1) is 12.7 Å². The Bertz CT molecular complexity index is 652. The molecular weight excluding hydrogens is 308 g/mol. The first-order valence-corrected chi connectivity index (χ1v) is 8.16. The molecule has 24 heavy (non-hydrogen) atoms. The number of rotatable bonds is 6. The molecule has 1 saturated heterocycles. The molecule has 8 nitrogen and oxygen atoms in total. The number of piperidine rings is 1. The van der Waals surface area contributed by atoms with Gasteiger partial charge in [0.1, 0.15) is 5.82 Å². The van der Waals surface area contributed by atoms with E-state index in [9.17, 15) is 4.79 Å². The van der Waals surface area contributed by atoms with Gasteiger partial charge in [-0.05, 0) is 24.5 Å². The Morgan fingerprint density at radius 3 is 2.92 bits per heavy atom. The molecule has 2 aromatic rings. The lowest BCUT2D eigenvalue weighted by atomic mass is 10.1. The number of hydrogen-bond donors (Lipinski definition) is 2. The van der Waals surface area contributed by atoms with E-state index < -0.39 is 0 Å². The van der Waals surface area contributed by atoms with Crippen molar-refractivity contribution in [3.8, 4) is 0 Å². The van der Waals surface area contributed by atoms with E-state index in [1.807, 2.05) is 23.2 Å². The van der Waals surface area contributed by atoms with E-state index in [1.54, 1.807) is 6.20 Å². The quantitative estimate of drug-likeness (QED) is 0.815. The SMILES string of the molecule is Nc1n[nH]c(CCC(=O)N2CCC(OCc3cccnc3)CC2)n1. The highest BCUT2D eigenvalue weighted by atomic mass is 16.5. The van der Waals surface area contributed by atoms with Crippen LogP contribution in [0.2, 0.25) is 0 Å². The van der Waals surface area contributed by atoms with E-state index >= 15 is 0 Å². The number of nitrogens with one attached hydrogen (secondary N) is 1. The molecule has 0 radical (unpaired) electrons.